The molecule has 5 nitrogen and oxygen atoms in total. The molecular formula is C22H49FNO4P. The van der Waals surface area contributed by atoms with Crippen LogP contribution in [0.15, 0.2) is 0 Å². The summed E-state index contributed by atoms with van der Waals surface area (Å²) < 4.78 is 29.6. The topological polar surface area (TPSA) is 58.6 Å². The highest BCUT2D eigenvalue weighted by Crippen LogP contribution is 2.38. The Bertz CT molecular complexity index is 348. The van der Waals surface area contributed by atoms with E-state index < -0.39 is 7.82 Å². The molecule has 0 saturated heterocycles. The summed E-state index contributed by atoms with van der Waals surface area (Å²) in [6.45, 7) is 17.0. The molecule has 0 saturated carbocycles. The molecule has 1 atom stereocenters. The van der Waals surface area contributed by atoms with Crippen LogP contribution in [0.2, 0.25) is 0 Å². The fourth-order valence-electron chi connectivity index (χ4n) is 3.37. The van der Waals surface area contributed by atoms with Crippen molar-refractivity contribution in [3.05, 3.63) is 0 Å². The molecule has 29 heavy (non-hydrogen) atoms. The highest BCUT2D eigenvalue weighted by molar-refractivity contribution is 7.45. The highest BCUT2D eigenvalue weighted by Gasteiger charge is 2.24. The van der Waals surface area contributed by atoms with E-state index in [4.69, 9.17) is 0 Å². The first-order valence-corrected chi connectivity index (χ1v) is 13.4. The SMILES string of the molecule is CCCCCCOP(=O)([O-])OF.CCCC[N+](CCCC)(CCCC)CCCC. The Balaban J connectivity index is 0. The Kier molecular flexibility index (Phi) is 22.8. The third-order valence-corrected chi connectivity index (χ3v) is 5.94. The van der Waals surface area contributed by atoms with E-state index in [1.807, 2.05) is 6.92 Å². The minimum atomic E-state index is -4.64. The summed E-state index contributed by atoms with van der Waals surface area (Å²) in [5, 5.41) is 0. The molecule has 0 bridgehead atoms. The molecule has 0 fully saturated rings. The zero-order valence-electron chi connectivity index (χ0n) is 19.9. The van der Waals surface area contributed by atoms with Crippen LogP contribution in [0.3, 0.4) is 0 Å². The van der Waals surface area contributed by atoms with Gasteiger partial charge in [0.2, 0.25) is 0 Å². The molecule has 0 aliphatic heterocycles. The summed E-state index contributed by atoms with van der Waals surface area (Å²) in [5.41, 5.74) is 0. The number of unbranched alkanes of at least 4 members (excludes halogenated alkanes) is 7. The normalized spacial score (nSPS) is 13.6. The maximum absolute atomic E-state index is 11.1. The van der Waals surface area contributed by atoms with Crippen LogP contribution in [0.1, 0.15) is 112 Å². The quantitative estimate of drug-likeness (QED) is 0.124. The standard InChI is InChI=1S/C16H36N.C6H14FO4P/c1-5-9-13-17(14-10-6-2,15-11-7-3)16-12-8-4;1-2-3-4-5-6-10-12(8,9)11-7/h5-16H2,1-4H3;2-6H2,1H3,(H,8,9)/q+1;/p-1. The molecule has 0 spiro atoms. The molecule has 1 unspecified atom stereocenters. The maximum Gasteiger partial charge on any atom is 0.303 e. The van der Waals surface area contributed by atoms with Gasteiger partial charge in [-0.15, -0.1) is 4.73 Å². The first-order valence-electron chi connectivity index (χ1n) is 12.0. The van der Waals surface area contributed by atoms with Gasteiger partial charge in [0.05, 0.1) is 32.8 Å². The molecule has 0 aromatic rings. The molecule has 178 valence electrons. The van der Waals surface area contributed by atoms with Gasteiger partial charge >= 0.3 is 7.82 Å². The van der Waals surface area contributed by atoms with Crippen molar-refractivity contribution in [3.63, 3.8) is 0 Å². The van der Waals surface area contributed by atoms with Crippen LogP contribution in [0, 0.1) is 0 Å². The average molecular weight is 442 g/mol. The second kappa shape index (κ2) is 21.2. The minimum Gasteiger partial charge on any atom is -0.754 e. The van der Waals surface area contributed by atoms with Gasteiger partial charge in [-0.2, -0.15) is 0 Å². The van der Waals surface area contributed by atoms with Crippen molar-refractivity contribution in [2.75, 3.05) is 32.8 Å². The van der Waals surface area contributed by atoms with Gasteiger partial charge in [-0.3, -0.25) is 4.57 Å². The van der Waals surface area contributed by atoms with Crippen molar-refractivity contribution in [1.29, 1.82) is 0 Å². The van der Waals surface area contributed by atoms with Gasteiger partial charge in [0.25, 0.3) is 0 Å². The van der Waals surface area contributed by atoms with Crippen LogP contribution in [-0.4, -0.2) is 37.3 Å². The molecule has 0 amide bonds. The number of hydrogen-bond acceptors (Lipinski definition) is 4. The highest BCUT2D eigenvalue weighted by atomic mass is 31.2. The van der Waals surface area contributed by atoms with Crippen molar-refractivity contribution < 1.29 is 27.7 Å². The number of nitrogens with zero attached hydrogens (tertiary/aromatic N) is 1. The van der Waals surface area contributed by atoms with E-state index in [1.165, 1.54) is 82.0 Å². The summed E-state index contributed by atoms with van der Waals surface area (Å²) in [7, 11) is -4.64. The van der Waals surface area contributed by atoms with Gasteiger partial charge in [-0.05, 0) is 36.6 Å². The summed E-state index contributed by atoms with van der Waals surface area (Å²) >= 11 is 0. The molecule has 0 aromatic carbocycles. The predicted molar refractivity (Wildman–Crippen MR) is 119 cm³/mol. The molecule has 0 rings (SSSR count). The largest absolute Gasteiger partial charge is 0.754 e. The smallest absolute Gasteiger partial charge is 0.303 e. The number of hydrogen-bond donors (Lipinski definition) is 0. The zero-order chi connectivity index (χ0) is 22.4. The summed E-state index contributed by atoms with van der Waals surface area (Å²) in [6, 6.07) is 0. The lowest BCUT2D eigenvalue weighted by atomic mass is 10.1. The number of phosphoric ester groups is 1. The van der Waals surface area contributed by atoms with Crippen LogP contribution in [0.5, 0.6) is 0 Å². The Morgan fingerprint density at radius 1 is 0.690 bits per heavy atom. The van der Waals surface area contributed by atoms with E-state index in [2.05, 4.69) is 36.9 Å². The lowest BCUT2D eigenvalue weighted by Crippen LogP contribution is -2.50. The number of rotatable bonds is 19. The van der Waals surface area contributed by atoms with E-state index in [1.54, 1.807) is 0 Å². The second-order valence-corrected chi connectivity index (χ2v) is 9.35. The summed E-state index contributed by atoms with van der Waals surface area (Å²) in [6.07, 6.45) is 14.6. The molecule has 0 radical (unpaired) electrons. The Morgan fingerprint density at radius 3 is 1.38 bits per heavy atom. The van der Waals surface area contributed by atoms with Gasteiger partial charge in [-0.1, -0.05) is 79.6 Å². The fraction of sp³-hybridized carbons (Fsp3) is 1.00. The lowest BCUT2D eigenvalue weighted by Gasteiger charge is -2.39. The van der Waals surface area contributed by atoms with E-state index in [9.17, 15) is 14.0 Å². The predicted octanol–water partition coefficient (Wildman–Crippen LogP) is 6.96. The van der Waals surface area contributed by atoms with Gasteiger partial charge in [0.15, 0.2) is 0 Å². The van der Waals surface area contributed by atoms with Crippen molar-refractivity contribution in [2.45, 2.75) is 112 Å². The van der Waals surface area contributed by atoms with Crippen molar-refractivity contribution in [3.8, 4) is 0 Å². The third-order valence-electron chi connectivity index (χ3n) is 5.28. The lowest BCUT2D eigenvalue weighted by molar-refractivity contribution is -0.929. The first-order chi connectivity index (χ1) is 13.9. The fourth-order valence-corrected chi connectivity index (χ4v) is 3.76. The van der Waals surface area contributed by atoms with Gasteiger partial charge in [0, 0.05) is 0 Å². The van der Waals surface area contributed by atoms with Crippen molar-refractivity contribution in [2.24, 2.45) is 0 Å². The van der Waals surface area contributed by atoms with Crippen LogP contribution in [-0.2, 0) is 13.8 Å². The van der Waals surface area contributed by atoms with Crippen LogP contribution in [0.25, 0.3) is 0 Å². The summed E-state index contributed by atoms with van der Waals surface area (Å²) in [5.74, 6) is 0. The molecule has 0 N–H and O–H groups in total. The van der Waals surface area contributed by atoms with Gasteiger partial charge in [0.1, 0.15) is 0 Å². The first kappa shape index (κ1) is 31.2. The Morgan fingerprint density at radius 2 is 1.07 bits per heavy atom. The van der Waals surface area contributed by atoms with Gasteiger partial charge < -0.3 is 13.9 Å². The van der Waals surface area contributed by atoms with E-state index in [0.717, 1.165) is 19.3 Å². The number of phosphoric acid groups is 1. The zero-order valence-corrected chi connectivity index (χ0v) is 20.8. The van der Waals surface area contributed by atoms with E-state index in [-0.39, 0.29) is 6.61 Å². The summed E-state index contributed by atoms with van der Waals surface area (Å²) in [4.78, 5) is 10.2. The maximum atomic E-state index is 11.1. The number of quaternary nitrogens is 1. The van der Waals surface area contributed by atoms with Crippen LogP contribution in [0.4, 0.5) is 4.53 Å². The molecule has 0 heterocycles. The van der Waals surface area contributed by atoms with Crippen LogP contribution >= 0.6 is 7.82 Å². The van der Waals surface area contributed by atoms with Crippen LogP contribution < -0.4 is 4.89 Å². The average Bonchev–Trinajstić information content (AvgIpc) is 2.73. The monoisotopic (exact) mass is 441 g/mol. The van der Waals surface area contributed by atoms with Crippen molar-refractivity contribution in [1.82, 2.24) is 0 Å². The second-order valence-electron chi connectivity index (χ2n) is 8.06. The van der Waals surface area contributed by atoms with Gasteiger partial charge in [-0.25, -0.2) is 0 Å². The number of halogens is 1. The molecular weight excluding hydrogens is 392 g/mol. The Hall–Kier alpha value is -0.0000000000000000208. The van der Waals surface area contributed by atoms with Crippen molar-refractivity contribution >= 4 is 7.82 Å². The third kappa shape index (κ3) is 19.7. The Labute approximate surface area is 180 Å². The van der Waals surface area contributed by atoms with E-state index in [0.29, 0.717) is 6.42 Å². The van der Waals surface area contributed by atoms with E-state index >= 15 is 0 Å². The molecule has 0 aliphatic carbocycles. The molecule has 0 aliphatic rings. The molecule has 7 heteroatoms. The molecule has 0 aromatic heterocycles. The minimum absolute atomic E-state index is 0.00923.